The first-order valence-electron chi connectivity index (χ1n) is 5.88. The largest absolute Gasteiger partial charge is 0.346 e. The van der Waals surface area contributed by atoms with Crippen LogP contribution in [0.4, 0.5) is 0 Å². The van der Waals surface area contributed by atoms with Gasteiger partial charge in [0.05, 0.1) is 0 Å². The van der Waals surface area contributed by atoms with Gasteiger partial charge in [0.2, 0.25) is 0 Å². The summed E-state index contributed by atoms with van der Waals surface area (Å²) in [5.74, 6) is 0.916. The Hall–Kier alpha value is -0.720. The summed E-state index contributed by atoms with van der Waals surface area (Å²) in [7, 11) is 0. The van der Waals surface area contributed by atoms with E-state index in [9.17, 15) is 0 Å². The van der Waals surface area contributed by atoms with Gasteiger partial charge in [0.25, 0.3) is 0 Å². The smallest absolute Gasteiger partial charge is 0.0363 e. The van der Waals surface area contributed by atoms with Crippen LogP contribution in [-0.2, 0) is 0 Å². The molecule has 0 radical (unpaired) electrons. The molecule has 0 aliphatic heterocycles. The summed E-state index contributed by atoms with van der Waals surface area (Å²) in [6.45, 7) is 6.80. The summed E-state index contributed by atoms with van der Waals surface area (Å²) in [6.07, 6.45) is 5.56. The van der Waals surface area contributed by atoms with Gasteiger partial charge < -0.3 is 4.57 Å². The van der Waals surface area contributed by atoms with Gasteiger partial charge >= 0.3 is 0 Å². The van der Waals surface area contributed by atoms with E-state index in [0.29, 0.717) is 0 Å². The molecule has 0 N–H and O–H groups in total. The highest BCUT2D eigenvalue weighted by Gasteiger charge is 2.28. The van der Waals surface area contributed by atoms with Gasteiger partial charge in [-0.3, -0.25) is 0 Å². The number of hydrogen-bond acceptors (Lipinski definition) is 0. The summed E-state index contributed by atoms with van der Waals surface area (Å²) in [4.78, 5) is 0. The van der Waals surface area contributed by atoms with Crippen LogP contribution in [0.2, 0.25) is 0 Å². The lowest BCUT2D eigenvalue weighted by atomic mass is 10.00. The molecule has 1 aromatic rings. The molecule has 1 heterocycles. The highest BCUT2D eigenvalue weighted by atomic mass is 15.0. The first-order valence-corrected chi connectivity index (χ1v) is 5.88. The van der Waals surface area contributed by atoms with Crippen molar-refractivity contribution in [2.24, 2.45) is 5.92 Å². The van der Waals surface area contributed by atoms with Gasteiger partial charge in [-0.1, -0.05) is 19.8 Å². The number of rotatable bonds is 2. The molecule has 1 heteroatoms. The molecule has 1 saturated carbocycles. The third-order valence-corrected chi connectivity index (χ3v) is 3.80. The zero-order chi connectivity index (χ0) is 10.1. The Morgan fingerprint density at radius 1 is 1.21 bits per heavy atom. The predicted octanol–water partition coefficient (Wildman–Crippen LogP) is 3.86. The van der Waals surface area contributed by atoms with Crippen LogP contribution in [0.1, 0.15) is 50.0 Å². The van der Waals surface area contributed by atoms with Crippen molar-refractivity contribution in [2.45, 2.75) is 52.5 Å². The van der Waals surface area contributed by atoms with E-state index in [2.05, 4.69) is 37.5 Å². The van der Waals surface area contributed by atoms with Gasteiger partial charge in [0.15, 0.2) is 0 Å². The molecule has 0 spiro atoms. The lowest BCUT2D eigenvalue weighted by Gasteiger charge is -2.23. The summed E-state index contributed by atoms with van der Waals surface area (Å²) in [6, 6.07) is 5.29. The molecule has 1 aliphatic rings. The minimum absolute atomic E-state index is 0.787. The molecule has 0 bridgehead atoms. The Morgan fingerprint density at radius 3 is 2.43 bits per heavy atom. The Bertz CT molecular complexity index is 292. The maximum absolute atomic E-state index is 2.56. The lowest BCUT2D eigenvalue weighted by Crippen LogP contribution is -2.15. The average molecular weight is 191 g/mol. The first-order chi connectivity index (χ1) is 6.74. The normalized spacial score (nSPS) is 27.1. The van der Waals surface area contributed by atoms with Gasteiger partial charge in [0.1, 0.15) is 0 Å². The van der Waals surface area contributed by atoms with Crippen LogP contribution >= 0.6 is 0 Å². The number of aryl methyl sites for hydroxylation is 2. The van der Waals surface area contributed by atoms with Crippen LogP contribution in [0.5, 0.6) is 0 Å². The van der Waals surface area contributed by atoms with Crippen molar-refractivity contribution in [3.63, 3.8) is 0 Å². The van der Waals surface area contributed by atoms with E-state index in [4.69, 9.17) is 0 Å². The summed E-state index contributed by atoms with van der Waals surface area (Å²) in [5.41, 5.74) is 2.88. The zero-order valence-corrected chi connectivity index (χ0v) is 9.59. The molecule has 1 aromatic heterocycles. The molecule has 1 aliphatic carbocycles. The Morgan fingerprint density at radius 2 is 1.86 bits per heavy atom. The van der Waals surface area contributed by atoms with E-state index < -0.39 is 0 Å². The second-order valence-corrected chi connectivity index (χ2v) is 4.65. The molecule has 0 aromatic carbocycles. The summed E-state index contributed by atoms with van der Waals surface area (Å²) >= 11 is 0. The zero-order valence-electron chi connectivity index (χ0n) is 9.59. The van der Waals surface area contributed by atoms with E-state index in [0.717, 1.165) is 12.0 Å². The molecule has 14 heavy (non-hydrogen) atoms. The molecule has 2 atom stereocenters. The van der Waals surface area contributed by atoms with Crippen LogP contribution in [-0.4, -0.2) is 4.57 Å². The molecule has 78 valence electrons. The van der Waals surface area contributed by atoms with Crippen molar-refractivity contribution >= 4 is 0 Å². The summed E-state index contributed by atoms with van der Waals surface area (Å²) in [5, 5.41) is 0. The molecule has 1 nitrogen and oxygen atoms in total. The van der Waals surface area contributed by atoms with Crippen LogP contribution in [0.25, 0.3) is 0 Å². The fourth-order valence-electron chi connectivity index (χ4n) is 3.04. The minimum Gasteiger partial charge on any atom is -0.346 e. The molecule has 1 fully saturated rings. The SMILES string of the molecule is CCC1CCCC1n1c(C)ccc1C. The maximum Gasteiger partial charge on any atom is 0.0363 e. The Kier molecular flexibility index (Phi) is 2.66. The van der Waals surface area contributed by atoms with Crippen LogP contribution < -0.4 is 0 Å². The van der Waals surface area contributed by atoms with Crippen molar-refractivity contribution in [1.82, 2.24) is 4.57 Å². The third-order valence-electron chi connectivity index (χ3n) is 3.80. The summed E-state index contributed by atoms with van der Waals surface area (Å²) < 4.78 is 2.56. The topological polar surface area (TPSA) is 4.93 Å². The van der Waals surface area contributed by atoms with Gasteiger partial charge in [-0.05, 0) is 44.7 Å². The van der Waals surface area contributed by atoms with E-state index in [1.165, 1.54) is 37.1 Å². The van der Waals surface area contributed by atoms with E-state index in [-0.39, 0.29) is 0 Å². The van der Waals surface area contributed by atoms with Gasteiger partial charge in [-0.2, -0.15) is 0 Å². The van der Waals surface area contributed by atoms with Crippen molar-refractivity contribution in [1.29, 1.82) is 0 Å². The molecular weight excluding hydrogens is 170 g/mol. The van der Waals surface area contributed by atoms with E-state index >= 15 is 0 Å². The molecule has 2 unspecified atom stereocenters. The third kappa shape index (κ3) is 1.49. The standard InChI is InChI=1S/C13H21N/c1-4-12-6-5-7-13(12)14-10(2)8-9-11(14)3/h8-9,12-13H,4-7H2,1-3H3. The van der Waals surface area contributed by atoms with Crippen molar-refractivity contribution in [2.75, 3.05) is 0 Å². The van der Waals surface area contributed by atoms with Gasteiger partial charge in [0, 0.05) is 17.4 Å². The quantitative estimate of drug-likeness (QED) is 0.669. The number of hydrogen-bond donors (Lipinski definition) is 0. The average Bonchev–Trinajstić information content (AvgIpc) is 2.73. The Labute approximate surface area is 87.1 Å². The second kappa shape index (κ2) is 3.80. The second-order valence-electron chi connectivity index (χ2n) is 4.65. The predicted molar refractivity (Wildman–Crippen MR) is 60.6 cm³/mol. The highest BCUT2D eigenvalue weighted by molar-refractivity contribution is 5.15. The first kappa shape index (κ1) is 9.82. The maximum atomic E-state index is 2.56. The number of aromatic nitrogens is 1. The fraction of sp³-hybridized carbons (Fsp3) is 0.692. The molecule has 2 rings (SSSR count). The molecule has 0 amide bonds. The fourth-order valence-corrected chi connectivity index (χ4v) is 3.04. The molecule has 0 saturated heterocycles. The van der Waals surface area contributed by atoms with Crippen molar-refractivity contribution < 1.29 is 0 Å². The molecular formula is C13H21N. The van der Waals surface area contributed by atoms with Crippen LogP contribution in [0.15, 0.2) is 12.1 Å². The van der Waals surface area contributed by atoms with E-state index in [1.54, 1.807) is 0 Å². The van der Waals surface area contributed by atoms with Crippen LogP contribution in [0, 0.1) is 19.8 Å². The van der Waals surface area contributed by atoms with Gasteiger partial charge in [-0.25, -0.2) is 0 Å². The lowest BCUT2D eigenvalue weighted by molar-refractivity contribution is 0.361. The highest BCUT2D eigenvalue weighted by Crippen LogP contribution is 2.39. The number of nitrogens with zero attached hydrogens (tertiary/aromatic N) is 1. The Balaban J connectivity index is 2.29. The monoisotopic (exact) mass is 191 g/mol. The van der Waals surface area contributed by atoms with Crippen LogP contribution in [0.3, 0.4) is 0 Å². The van der Waals surface area contributed by atoms with Crippen molar-refractivity contribution in [3.8, 4) is 0 Å². The van der Waals surface area contributed by atoms with Crippen molar-refractivity contribution in [3.05, 3.63) is 23.5 Å². The van der Waals surface area contributed by atoms with E-state index in [1.807, 2.05) is 0 Å². The van der Waals surface area contributed by atoms with Gasteiger partial charge in [-0.15, -0.1) is 0 Å². The minimum atomic E-state index is 0.787.